The van der Waals surface area contributed by atoms with Crippen LogP contribution in [0.2, 0.25) is 0 Å². The standard InChI is InChI=1S/C23H22N2O2S/c1-15-9-5-7-13-18(15)24-22(27)20-17-12-6-8-14-19(17)28-23(20)25-21(26)16-10-3-2-4-11-16/h2-5,7,9-11,13H,6,8,12,14H2,1H3,(H,24,27)(H,25,26). The Labute approximate surface area is 168 Å². The van der Waals surface area contributed by atoms with Gasteiger partial charge in [-0.15, -0.1) is 11.3 Å². The largest absolute Gasteiger partial charge is 0.322 e. The summed E-state index contributed by atoms with van der Waals surface area (Å²) in [5, 5.41) is 6.66. The van der Waals surface area contributed by atoms with E-state index in [-0.39, 0.29) is 11.8 Å². The zero-order valence-electron chi connectivity index (χ0n) is 15.7. The zero-order chi connectivity index (χ0) is 19.5. The third-order valence-corrected chi connectivity index (χ3v) is 6.26. The van der Waals surface area contributed by atoms with Gasteiger partial charge in [0.25, 0.3) is 11.8 Å². The maximum Gasteiger partial charge on any atom is 0.258 e. The van der Waals surface area contributed by atoms with Crippen molar-refractivity contribution >= 4 is 33.8 Å². The van der Waals surface area contributed by atoms with Crippen LogP contribution < -0.4 is 10.6 Å². The molecule has 1 aliphatic carbocycles. The van der Waals surface area contributed by atoms with E-state index in [2.05, 4.69) is 10.6 Å². The quantitative estimate of drug-likeness (QED) is 0.623. The Balaban J connectivity index is 1.67. The van der Waals surface area contributed by atoms with Gasteiger partial charge in [0.05, 0.1) is 5.56 Å². The number of amides is 2. The van der Waals surface area contributed by atoms with Gasteiger partial charge in [0.15, 0.2) is 0 Å². The molecule has 2 amide bonds. The Hall–Kier alpha value is -2.92. The number of benzene rings is 2. The summed E-state index contributed by atoms with van der Waals surface area (Å²) in [4.78, 5) is 27.1. The van der Waals surface area contributed by atoms with Crippen molar-refractivity contribution in [2.24, 2.45) is 0 Å². The molecule has 0 saturated carbocycles. The first-order valence-corrected chi connectivity index (χ1v) is 10.3. The number of hydrogen-bond acceptors (Lipinski definition) is 3. The molecular weight excluding hydrogens is 368 g/mol. The van der Waals surface area contributed by atoms with Gasteiger partial charge in [-0.05, 0) is 61.9 Å². The maximum absolute atomic E-state index is 13.2. The summed E-state index contributed by atoms with van der Waals surface area (Å²) in [7, 11) is 0. The smallest absolute Gasteiger partial charge is 0.258 e. The van der Waals surface area contributed by atoms with Crippen molar-refractivity contribution in [2.45, 2.75) is 32.6 Å². The predicted octanol–water partition coefficient (Wildman–Crippen LogP) is 5.44. The molecule has 0 unspecified atom stereocenters. The van der Waals surface area contributed by atoms with Crippen LogP contribution in [-0.4, -0.2) is 11.8 Å². The molecule has 0 spiro atoms. The summed E-state index contributed by atoms with van der Waals surface area (Å²) in [6.45, 7) is 1.97. The number of anilines is 2. The molecule has 0 aliphatic heterocycles. The molecule has 0 bridgehead atoms. The molecule has 142 valence electrons. The Morgan fingerprint density at radius 1 is 0.857 bits per heavy atom. The molecule has 1 aromatic heterocycles. The number of carbonyl (C=O) groups excluding carboxylic acids is 2. The van der Waals surface area contributed by atoms with Crippen molar-refractivity contribution in [3.8, 4) is 0 Å². The predicted molar refractivity (Wildman–Crippen MR) is 114 cm³/mol. The Bertz CT molecular complexity index is 1020. The molecule has 1 aliphatic rings. The fourth-order valence-electron chi connectivity index (χ4n) is 3.56. The molecule has 5 heteroatoms. The number of aryl methyl sites for hydroxylation is 2. The van der Waals surface area contributed by atoms with E-state index in [1.807, 2.05) is 49.4 Å². The summed E-state index contributed by atoms with van der Waals surface area (Å²) < 4.78 is 0. The highest BCUT2D eigenvalue weighted by molar-refractivity contribution is 7.17. The molecule has 0 fully saturated rings. The highest BCUT2D eigenvalue weighted by Gasteiger charge is 2.26. The summed E-state index contributed by atoms with van der Waals surface area (Å²) in [6, 6.07) is 16.8. The third-order valence-electron chi connectivity index (χ3n) is 5.05. The van der Waals surface area contributed by atoms with Gasteiger partial charge in [-0.2, -0.15) is 0 Å². The SMILES string of the molecule is Cc1ccccc1NC(=O)c1c(NC(=O)c2ccccc2)sc2c1CCCC2. The van der Waals surface area contributed by atoms with Crippen molar-refractivity contribution in [2.75, 3.05) is 10.6 Å². The lowest BCUT2D eigenvalue weighted by molar-refractivity contribution is 0.102. The van der Waals surface area contributed by atoms with Gasteiger partial charge in [0.1, 0.15) is 5.00 Å². The van der Waals surface area contributed by atoms with E-state index in [9.17, 15) is 9.59 Å². The zero-order valence-corrected chi connectivity index (χ0v) is 16.6. The van der Waals surface area contributed by atoms with E-state index in [0.717, 1.165) is 42.5 Å². The highest BCUT2D eigenvalue weighted by Crippen LogP contribution is 2.39. The lowest BCUT2D eigenvalue weighted by Gasteiger charge is -2.14. The monoisotopic (exact) mass is 390 g/mol. The second-order valence-electron chi connectivity index (χ2n) is 7.00. The van der Waals surface area contributed by atoms with Crippen molar-refractivity contribution in [1.29, 1.82) is 0 Å². The lowest BCUT2D eigenvalue weighted by atomic mass is 9.95. The second kappa shape index (κ2) is 7.98. The molecule has 4 rings (SSSR count). The van der Waals surface area contributed by atoms with Crippen molar-refractivity contribution in [3.63, 3.8) is 0 Å². The minimum absolute atomic E-state index is 0.155. The van der Waals surface area contributed by atoms with Crippen LogP contribution in [0.1, 0.15) is 49.6 Å². The van der Waals surface area contributed by atoms with Crippen LogP contribution in [0.25, 0.3) is 0 Å². The molecule has 1 heterocycles. The molecule has 0 saturated heterocycles. The molecule has 0 atom stereocenters. The van der Waals surface area contributed by atoms with Gasteiger partial charge in [-0.25, -0.2) is 0 Å². The van der Waals surface area contributed by atoms with Crippen molar-refractivity contribution < 1.29 is 9.59 Å². The highest BCUT2D eigenvalue weighted by atomic mass is 32.1. The van der Waals surface area contributed by atoms with Crippen LogP contribution >= 0.6 is 11.3 Å². The van der Waals surface area contributed by atoms with Crippen LogP contribution in [-0.2, 0) is 12.8 Å². The van der Waals surface area contributed by atoms with Gasteiger partial charge < -0.3 is 10.6 Å². The third kappa shape index (κ3) is 3.71. The van der Waals surface area contributed by atoms with E-state index in [4.69, 9.17) is 0 Å². The lowest BCUT2D eigenvalue weighted by Crippen LogP contribution is -2.19. The van der Waals surface area contributed by atoms with E-state index < -0.39 is 0 Å². The maximum atomic E-state index is 13.2. The summed E-state index contributed by atoms with van der Waals surface area (Å²) >= 11 is 1.54. The van der Waals surface area contributed by atoms with Gasteiger partial charge >= 0.3 is 0 Å². The van der Waals surface area contributed by atoms with Crippen LogP contribution in [0.4, 0.5) is 10.7 Å². The average Bonchev–Trinajstić information content (AvgIpc) is 3.08. The number of para-hydroxylation sites is 1. The fourth-order valence-corrected chi connectivity index (χ4v) is 4.84. The number of carbonyl (C=O) groups is 2. The minimum atomic E-state index is -0.191. The summed E-state index contributed by atoms with van der Waals surface area (Å²) in [6.07, 6.45) is 4.04. The first-order valence-electron chi connectivity index (χ1n) is 9.51. The Kier molecular flexibility index (Phi) is 5.26. The van der Waals surface area contributed by atoms with Gasteiger partial charge in [0, 0.05) is 16.1 Å². The molecule has 0 radical (unpaired) electrons. The fraction of sp³-hybridized carbons (Fsp3) is 0.217. The summed E-state index contributed by atoms with van der Waals surface area (Å²) in [5.74, 6) is -0.346. The second-order valence-corrected chi connectivity index (χ2v) is 8.11. The molecule has 28 heavy (non-hydrogen) atoms. The number of hydrogen-bond donors (Lipinski definition) is 2. The number of rotatable bonds is 4. The number of fused-ring (bicyclic) bond motifs is 1. The van der Waals surface area contributed by atoms with Crippen LogP contribution in [0.3, 0.4) is 0 Å². The van der Waals surface area contributed by atoms with Crippen LogP contribution in [0.5, 0.6) is 0 Å². The Morgan fingerprint density at radius 3 is 2.36 bits per heavy atom. The Morgan fingerprint density at radius 2 is 1.57 bits per heavy atom. The van der Waals surface area contributed by atoms with Gasteiger partial charge in [-0.3, -0.25) is 9.59 Å². The first-order chi connectivity index (χ1) is 13.6. The van der Waals surface area contributed by atoms with Gasteiger partial charge in [0.2, 0.25) is 0 Å². The minimum Gasteiger partial charge on any atom is -0.322 e. The van der Waals surface area contributed by atoms with Gasteiger partial charge in [-0.1, -0.05) is 36.4 Å². The molecule has 4 nitrogen and oxygen atoms in total. The van der Waals surface area contributed by atoms with Crippen molar-refractivity contribution in [3.05, 3.63) is 81.7 Å². The van der Waals surface area contributed by atoms with E-state index in [1.54, 1.807) is 12.1 Å². The molecular formula is C23H22N2O2S. The molecule has 3 aromatic rings. The molecule has 2 N–H and O–H groups in total. The van der Waals surface area contributed by atoms with E-state index >= 15 is 0 Å². The normalized spacial score (nSPS) is 12.9. The van der Waals surface area contributed by atoms with E-state index in [1.165, 1.54) is 16.2 Å². The topological polar surface area (TPSA) is 58.2 Å². The number of nitrogens with one attached hydrogen (secondary N) is 2. The van der Waals surface area contributed by atoms with Crippen LogP contribution in [0, 0.1) is 6.92 Å². The molecule has 2 aromatic carbocycles. The average molecular weight is 391 g/mol. The van der Waals surface area contributed by atoms with E-state index in [0.29, 0.717) is 16.1 Å². The number of thiophene rings is 1. The summed E-state index contributed by atoms with van der Waals surface area (Å²) in [5.41, 5.74) is 4.09. The van der Waals surface area contributed by atoms with Crippen LogP contribution in [0.15, 0.2) is 54.6 Å². The first kappa shape index (κ1) is 18.4. The van der Waals surface area contributed by atoms with Crippen molar-refractivity contribution in [1.82, 2.24) is 0 Å².